The van der Waals surface area contributed by atoms with Crippen LogP contribution in [0.1, 0.15) is 53.8 Å². The molecule has 0 radical (unpaired) electrons. The van der Waals surface area contributed by atoms with Crippen molar-refractivity contribution in [1.82, 2.24) is 9.55 Å². The average molecular weight is 461 g/mol. The summed E-state index contributed by atoms with van der Waals surface area (Å²) < 4.78 is 34.2. The van der Waals surface area contributed by atoms with Crippen LogP contribution in [0.4, 0.5) is 4.39 Å². The number of methoxy groups -OCH3 is 1. The highest BCUT2D eigenvalue weighted by Gasteiger charge is 2.44. The maximum absolute atomic E-state index is 14.7. The number of hydrogen-bond donors (Lipinski definition) is 0. The van der Waals surface area contributed by atoms with Gasteiger partial charge in [-0.15, -0.1) is 0 Å². The van der Waals surface area contributed by atoms with Crippen LogP contribution in [-0.4, -0.2) is 31.6 Å². The summed E-state index contributed by atoms with van der Waals surface area (Å²) in [5.41, 5.74) is 3.35. The van der Waals surface area contributed by atoms with Crippen molar-refractivity contribution in [3.63, 3.8) is 0 Å². The van der Waals surface area contributed by atoms with Gasteiger partial charge in [0, 0.05) is 37.3 Å². The van der Waals surface area contributed by atoms with Crippen LogP contribution in [0.25, 0.3) is 22.2 Å². The van der Waals surface area contributed by atoms with E-state index in [2.05, 4.69) is 41.5 Å². The Bertz CT molecular complexity index is 1000. The lowest BCUT2D eigenvalue weighted by atomic mass is 10.1. The van der Waals surface area contributed by atoms with Gasteiger partial charge in [0.05, 0.1) is 12.0 Å². The lowest BCUT2D eigenvalue weighted by Gasteiger charge is -2.42. The van der Waals surface area contributed by atoms with Gasteiger partial charge in [-0.2, -0.15) is 0 Å². The first-order valence-corrected chi connectivity index (χ1v) is 13.7. The number of furan rings is 1. The summed E-state index contributed by atoms with van der Waals surface area (Å²) in [6, 6.07) is 4.96. The normalized spacial score (nSPS) is 12.7. The zero-order chi connectivity index (χ0) is 23.5. The van der Waals surface area contributed by atoms with Crippen LogP contribution in [-0.2, 0) is 22.3 Å². The second kappa shape index (κ2) is 10.3. The van der Waals surface area contributed by atoms with Crippen molar-refractivity contribution in [3.05, 3.63) is 42.3 Å². The summed E-state index contributed by atoms with van der Waals surface area (Å²) in [6.45, 7) is 14.9. The fourth-order valence-corrected chi connectivity index (χ4v) is 10.7. The fourth-order valence-electron chi connectivity index (χ4n) is 5.19. The lowest BCUT2D eigenvalue weighted by molar-refractivity contribution is 0.128. The van der Waals surface area contributed by atoms with E-state index >= 15 is 0 Å². The molecule has 0 aliphatic rings. The van der Waals surface area contributed by atoms with Crippen LogP contribution in [0, 0.1) is 5.82 Å². The number of fused-ring (bicyclic) bond motifs is 1. The molecule has 0 saturated heterocycles. The largest absolute Gasteiger partial charge is 0.464 e. The number of halogens is 1. The van der Waals surface area contributed by atoms with Crippen LogP contribution >= 0.6 is 0 Å². The van der Waals surface area contributed by atoms with E-state index in [-0.39, 0.29) is 5.82 Å². The van der Waals surface area contributed by atoms with Gasteiger partial charge in [0.1, 0.15) is 24.0 Å². The quantitative estimate of drug-likeness (QED) is 0.225. The van der Waals surface area contributed by atoms with E-state index < -0.39 is 8.32 Å². The van der Waals surface area contributed by atoms with Gasteiger partial charge in [-0.1, -0.05) is 41.5 Å². The summed E-state index contributed by atoms with van der Waals surface area (Å²) in [5.74, 6) is 0.563. The summed E-state index contributed by atoms with van der Waals surface area (Å²) >= 11 is 0. The number of rotatable bonds is 11. The Morgan fingerprint density at radius 3 is 2.41 bits per heavy atom. The Morgan fingerprint density at radius 2 is 1.78 bits per heavy atom. The highest BCUT2D eigenvalue weighted by Crippen LogP contribution is 2.42. The van der Waals surface area contributed by atoms with Crippen LogP contribution in [0.3, 0.4) is 0 Å². The molecule has 3 aromatic rings. The highest BCUT2D eigenvalue weighted by atomic mass is 28.4. The van der Waals surface area contributed by atoms with Crippen molar-refractivity contribution in [3.8, 4) is 11.3 Å². The predicted molar refractivity (Wildman–Crippen MR) is 130 cm³/mol. The number of hydrogen-bond acceptors (Lipinski definition) is 4. The number of aromatic nitrogens is 2. The van der Waals surface area contributed by atoms with E-state index in [4.69, 9.17) is 18.6 Å². The second-order valence-corrected chi connectivity index (χ2v) is 14.9. The second-order valence-electron chi connectivity index (χ2n) is 9.49. The van der Waals surface area contributed by atoms with Crippen molar-refractivity contribution in [2.24, 2.45) is 0 Å². The molecule has 0 saturated carbocycles. The van der Waals surface area contributed by atoms with Gasteiger partial charge >= 0.3 is 0 Å². The van der Waals surface area contributed by atoms with Crippen LogP contribution < -0.4 is 0 Å². The first-order chi connectivity index (χ1) is 15.2. The SMILES string of the molecule is COCn1cc(-c2cc3occc3cc2F)nc1CCCO[Si](C(C)C)(C(C)C)C(C)C. The van der Waals surface area contributed by atoms with Crippen LogP contribution in [0.5, 0.6) is 0 Å². The van der Waals surface area contributed by atoms with Crippen LogP contribution in [0.2, 0.25) is 16.6 Å². The van der Waals surface area contributed by atoms with Gasteiger partial charge in [0.15, 0.2) is 8.32 Å². The molecule has 2 heterocycles. The molecule has 0 fully saturated rings. The van der Waals surface area contributed by atoms with Crippen molar-refractivity contribution in [2.45, 2.75) is 77.7 Å². The summed E-state index contributed by atoms with van der Waals surface area (Å²) in [5, 5.41) is 0.744. The van der Waals surface area contributed by atoms with Crippen molar-refractivity contribution >= 4 is 19.3 Å². The molecule has 5 nitrogen and oxygen atoms in total. The molecule has 0 aliphatic carbocycles. The molecule has 0 atom stereocenters. The van der Waals surface area contributed by atoms with Crippen molar-refractivity contribution < 1.29 is 18.0 Å². The zero-order valence-corrected chi connectivity index (χ0v) is 21.4. The number of imidazole rings is 1. The number of ether oxygens (including phenoxy) is 1. The molecule has 0 aliphatic heterocycles. The van der Waals surface area contributed by atoms with Crippen molar-refractivity contribution in [2.75, 3.05) is 13.7 Å². The van der Waals surface area contributed by atoms with E-state index in [0.717, 1.165) is 24.1 Å². The van der Waals surface area contributed by atoms with Gasteiger partial charge < -0.3 is 18.1 Å². The maximum atomic E-state index is 14.7. The van der Waals surface area contributed by atoms with E-state index in [0.29, 0.717) is 46.8 Å². The Balaban J connectivity index is 1.76. The topological polar surface area (TPSA) is 49.4 Å². The standard InChI is InChI=1S/C25H37FN2O3Si/c1-17(2)32(18(3)4,19(5)6)31-11-8-9-25-27-23(15-28(25)16-29-7)21-14-24-20(10-12-30-24)13-22(21)26/h10,12-15,17-19H,8-9,11,16H2,1-7H3. The fraction of sp³-hybridized carbons (Fsp3) is 0.560. The van der Waals surface area contributed by atoms with E-state index in [1.807, 2.05) is 10.8 Å². The summed E-state index contributed by atoms with van der Waals surface area (Å²) in [7, 11) is -0.232. The third kappa shape index (κ3) is 4.85. The third-order valence-electron chi connectivity index (χ3n) is 6.55. The molecule has 0 unspecified atom stereocenters. The molecule has 7 heteroatoms. The first kappa shape index (κ1) is 24.7. The van der Waals surface area contributed by atoms with Crippen molar-refractivity contribution in [1.29, 1.82) is 0 Å². The molecule has 1 aromatic carbocycles. The predicted octanol–water partition coefficient (Wildman–Crippen LogP) is 7.16. The molecule has 0 amide bonds. The Hall–Kier alpha value is -1.96. The van der Waals surface area contributed by atoms with E-state index in [9.17, 15) is 4.39 Å². The molecule has 2 aromatic heterocycles. The Kier molecular flexibility index (Phi) is 7.95. The number of aryl methyl sites for hydroxylation is 1. The molecular formula is C25H37FN2O3Si. The van der Waals surface area contributed by atoms with Gasteiger partial charge in [0.2, 0.25) is 0 Å². The minimum absolute atomic E-state index is 0.308. The Labute approximate surface area is 192 Å². The molecular weight excluding hydrogens is 423 g/mol. The van der Waals surface area contributed by atoms with Crippen LogP contribution in [0.15, 0.2) is 35.1 Å². The summed E-state index contributed by atoms with van der Waals surface area (Å²) in [4.78, 5) is 4.75. The highest BCUT2D eigenvalue weighted by molar-refractivity contribution is 6.77. The van der Waals surface area contributed by atoms with Gasteiger partial charge in [0.25, 0.3) is 0 Å². The van der Waals surface area contributed by atoms with E-state index in [1.165, 1.54) is 6.07 Å². The van der Waals surface area contributed by atoms with Gasteiger partial charge in [-0.25, -0.2) is 9.37 Å². The minimum Gasteiger partial charge on any atom is -0.464 e. The molecule has 3 rings (SSSR count). The maximum Gasteiger partial charge on any atom is 0.200 e. The Morgan fingerprint density at radius 1 is 1.09 bits per heavy atom. The van der Waals surface area contributed by atoms with E-state index in [1.54, 1.807) is 25.5 Å². The zero-order valence-electron chi connectivity index (χ0n) is 20.4. The minimum atomic E-state index is -1.88. The molecule has 0 N–H and O–H groups in total. The van der Waals surface area contributed by atoms with Gasteiger partial charge in [-0.3, -0.25) is 0 Å². The molecule has 0 spiro atoms. The average Bonchev–Trinajstić information content (AvgIpc) is 3.33. The molecule has 0 bridgehead atoms. The molecule has 176 valence electrons. The molecule has 32 heavy (non-hydrogen) atoms. The lowest BCUT2D eigenvalue weighted by Crippen LogP contribution is -2.48. The number of benzene rings is 1. The third-order valence-corrected chi connectivity index (χ3v) is 12.7. The monoisotopic (exact) mass is 460 g/mol. The summed E-state index contributed by atoms with van der Waals surface area (Å²) in [6.07, 6.45) is 5.02. The smallest absolute Gasteiger partial charge is 0.200 e. The number of nitrogens with zero attached hydrogens (tertiary/aromatic N) is 2. The van der Waals surface area contributed by atoms with Gasteiger partial charge in [-0.05, 0) is 41.2 Å². The first-order valence-electron chi connectivity index (χ1n) is 11.6.